The molecule has 0 spiro atoms. The number of fused-ring (bicyclic) bond motifs is 1. The summed E-state index contributed by atoms with van der Waals surface area (Å²) in [7, 11) is 0. The second-order valence-corrected chi connectivity index (χ2v) is 8.41. The molecule has 0 aliphatic carbocycles. The van der Waals surface area contributed by atoms with Crippen LogP contribution in [0, 0.1) is 10.1 Å². The zero-order valence-corrected chi connectivity index (χ0v) is 16.5. The highest BCUT2D eigenvalue weighted by molar-refractivity contribution is 8.01. The van der Waals surface area contributed by atoms with Gasteiger partial charge in [-0.15, -0.1) is 11.3 Å². The average Bonchev–Trinajstić information content (AvgIpc) is 3.11. The Labute approximate surface area is 175 Å². The molecule has 2 aromatic heterocycles. The number of nitro benzene ring substituents is 1. The fourth-order valence-electron chi connectivity index (χ4n) is 2.70. The van der Waals surface area contributed by atoms with Gasteiger partial charge in [-0.25, -0.2) is 9.97 Å². The Hall–Kier alpha value is -3.18. The van der Waals surface area contributed by atoms with Gasteiger partial charge in [-0.1, -0.05) is 30.0 Å². The number of hydrogen-bond acceptors (Lipinski definition) is 7. The molecule has 2 aromatic carbocycles. The van der Waals surface area contributed by atoms with Gasteiger partial charge in [-0.2, -0.15) is 13.2 Å². The summed E-state index contributed by atoms with van der Waals surface area (Å²) in [6.45, 7) is 0. The molecule has 4 aromatic rings. The lowest BCUT2D eigenvalue weighted by Gasteiger charge is -2.10. The number of halogens is 3. The van der Waals surface area contributed by atoms with Crippen LogP contribution in [0.5, 0.6) is 0 Å². The van der Waals surface area contributed by atoms with Crippen LogP contribution in [0.4, 0.5) is 30.4 Å². The first-order chi connectivity index (χ1) is 14.3. The van der Waals surface area contributed by atoms with Crippen LogP contribution in [0.15, 0.2) is 70.0 Å². The van der Waals surface area contributed by atoms with Crippen molar-refractivity contribution >= 4 is 50.5 Å². The minimum Gasteiger partial charge on any atom is -0.340 e. The van der Waals surface area contributed by atoms with Gasteiger partial charge in [0.25, 0.3) is 5.69 Å². The molecule has 0 aliphatic heterocycles. The highest BCUT2D eigenvalue weighted by Crippen LogP contribution is 2.41. The fraction of sp³-hybridized carbons (Fsp3) is 0.0526. The van der Waals surface area contributed by atoms with Gasteiger partial charge in [0, 0.05) is 11.8 Å². The third-order valence-electron chi connectivity index (χ3n) is 4.03. The van der Waals surface area contributed by atoms with E-state index in [1.165, 1.54) is 47.6 Å². The molecule has 4 rings (SSSR count). The minimum atomic E-state index is -4.45. The van der Waals surface area contributed by atoms with E-state index < -0.39 is 16.7 Å². The number of hydrogen-bond donors (Lipinski definition) is 1. The van der Waals surface area contributed by atoms with Crippen molar-refractivity contribution < 1.29 is 18.1 Å². The van der Waals surface area contributed by atoms with Crippen molar-refractivity contribution in [3.05, 3.63) is 76.6 Å². The van der Waals surface area contributed by atoms with E-state index in [1.54, 1.807) is 24.3 Å². The molecule has 6 nitrogen and oxygen atoms in total. The number of aromatic nitrogens is 2. The Morgan fingerprint density at radius 3 is 2.63 bits per heavy atom. The molecule has 11 heteroatoms. The van der Waals surface area contributed by atoms with Crippen LogP contribution in [0.25, 0.3) is 10.2 Å². The maximum absolute atomic E-state index is 13.0. The largest absolute Gasteiger partial charge is 0.416 e. The van der Waals surface area contributed by atoms with Gasteiger partial charge in [-0.3, -0.25) is 10.1 Å². The molecule has 1 N–H and O–H groups in total. The van der Waals surface area contributed by atoms with Crippen molar-refractivity contribution in [1.29, 1.82) is 0 Å². The Morgan fingerprint density at radius 1 is 1.07 bits per heavy atom. The molecule has 0 amide bonds. The number of nitrogens with one attached hydrogen (secondary N) is 1. The van der Waals surface area contributed by atoms with Crippen molar-refractivity contribution in [2.24, 2.45) is 0 Å². The molecule has 0 radical (unpaired) electrons. The molecular formula is C19H11F3N4O2S2. The van der Waals surface area contributed by atoms with Crippen molar-refractivity contribution in [2.75, 3.05) is 5.32 Å². The Balaban J connectivity index is 1.66. The first kappa shape index (κ1) is 20.1. The maximum Gasteiger partial charge on any atom is 0.416 e. The molecule has 0 saturated heterocycles. The molecule has 30 heavy (non-hydrogen) atoms. The summed E-state index contributed by atoms with van der Waals surface area (Å²) in [6.07, 6.45) is -3.14. The van der Waals surface area contributed by atoms with E-state index in [0.29, 0.717) is 20.9 Å². The number of benzene rings is 2. The van der Waals surface area contributed by atoms with E-state index >= 15 is 0 Å². The molecule has 0 saturated carbocycles. The first-order valence-corrected chi connectivity index (χ1v) is 10.0. The summed E-state index contributed by atoms with van der Waals surface area (Å²) in [5.74, 6) is 0.352. The maximum atomic E-state index is 13.0. The van der Waals surface area contributed by atoms with Gasteiger partial charge >= 0.3 is 6.18 Å². The van der Waals surface area contributed by atoms with Crippen molar-refractivity contribution in [3.63, 3.8) is 0 Å². The number of nitro groups is 1. The van der Waals surface area contributed by atoms with Crippen molar-refractivity contribution in [1.82, 2.24) is 9.97 Å². The fourth-order valence-corrected chi connectivity index (χ4v) is 4.89. The third kappa shape index (κ3) is 4.21. The summed E-state index contributed by atoms with van der Waals surface area (Å²) in [6, 6.07) is 13.0. The number of alkyl halides is 3. The quantitative estimate of drug-likeness (QED) is 0.277. The topological polar surface area (TPSA) is 81.0 Å². The predicted molar refractivity (Wildman–Crippen MR) is 109 cm³/mol. The Kier molecular flexibility index (Phi) is 5.31. The summed E-state index contributed by atoms with van der Waals surface area (Å²) >= 11 is 2.54. The average molecular weight is 448 g/mol. The number of nitrogens with zero attached hydrogens (tertiary/aromatic N) is 3. The van der Waals surface area contributed by atoms with E-state index in [-0.39, 0.29) is 11.4 Å². The lowest BCUT2D eigenvalue weighted by Crippen LogP contribution is -2.05. The molecule has 0 fully saturated rings. The molecule has 0 aliphatic rings. The second kappa shape index (κ2) is 7.92. The van der Waals surface area contributed by atoms with Gasteiger partial charge in [0.05, 0.1) is 25.0 Å². The molecule has 0 unspecified atom stereocenters. The van der Waals surface area contributed by atoms with E-state index in [0.717, 1.165) is 16.3 Å². The lowest BCUT2D eigenvalue weighted by molar-refractivity contribution is -0.387. The summed E-state index contributed by atoms with van der Waals surface area (Å²) < 4.78 is 39.6. The molecule has 0 atom stereocenters. The number of anilines is 2. The number of para-hydroxylation sites is 1. The van der Waals surface area contributed by atoms with Gasteiger partial charge < -0.3 is 5.32 Å². The number of rotatable bonds is 5. The van der Waals surface area contributed by atoms with Gasteiger partial charge in [0.2, 0.25) is 0 Å². The van der Waals surface area contributed by atoms with Gasteiger partial charge in [0.15, 0.2) is 0 Å². The Bertz CT molecular complexity index is 1240. The smallest absolute Gasteiger partial charge is 0.340 e. The van der Waals surface area contributed by atoms with Crippen molar-refractivity contribution in [2.45, 2.75) is 15.3 Å². The molecule has 152 valence electrons. The zero-order valence-electron chi connectivity index (χ0n) is 14.9. The van der Waals surface area contributed by atoms with E-state index in [2.05, 4.69) is 15.3 Å². The second-order valence-electron chi connectivity index (χ2n) is 6.04. The van der Waals surface area contributed by atoms with Crippen LogP contribution >= 0.6 is 23.1 Å². The first-order valence-electron chi connectivity index (χ1n) is 8.41. The normalized spacial score (nSPS) is 11.6. The van der Waals surface area contributed by atoms with Crippen LogP contribution in [0.3, 0.4) is 0 Å². The zero-order chi connectivity index (χ0) is 21.3. The van der Waals surface area contributed by atoms with Gasteiger partial charge in [-0.05, 0) is 30.3 Å². The molecule has 0 bridgehead atoms. The van der Waals surface area contributed by atoms with Crippen LogP contribution in [0.2, 0.25) is 0 Å². The van der Waals surface area contributed by atoms with E-state index in [4.69, 9.17) is 0 Å². The van der Waals surface area contributed by atoms with Crippen LogP contribution in [-0.4, -0.2) is 14.9 Å². The minimum absolute atomic E-state index is 0.00615. The number of thiophene rings is 1. The summed E-state index contributed by atoms with van der Waals surface area (Å²) in [5, 5.41) is 14.7. The van der Waals surface area contributed by atoms with Crippen LogP contribution < -0.4 is 5.32 Å². The molecular weight excluding hydrogens is 437 g/mol. The van der Waals surface area contributed by atoms with Crippen LogP contribution in [0.1, 0.15) is 5.56 Å². The van der Waals surface area contributed by atoms with Crippen LogP contribution in [-0.2, 0) is 6.18 Å². The monoisotopic (exact) mass is 448 g/mol. The molecule has 2 heterocycles. The SMILES string of the molecule is O=[N+]([O-])c1ccccc1Sc1cc2c(Nc3cccc(C(F)(F)F)c3)ncnc2s1. The Morgan fingerprint density at radius 2 is 1.87 bits per heavy atom. The lowest BCUT2D eigenvalue weighted by atomic mass is 10.2. The third-order valence-corrected chi connectivity index (χ3v) is 6.25. The highest BCUT2D eigenvalue weighted by atomic mass is 32.2. The van der Waals surface area contributed by atoms with Gasteiger partial charge in [0.1, 0.15) is 17.0 Å². The predicted octanol–water partition coefficient (Wildman–Crippen LogP) is 6.51. The standard InChI is InChI=1S/C19H11F3N4O2S2/c20-19(21,22)11-4-3-5-12(8-11)25-17-13-9-16(30-18(13)24-10-23-17)29-15-7-2-1-6-14(15)26(27)28/h1-10H,(H,23,24,25). The summed E-state index contributed by atoms with van der Waals surface area (Å²) in [5.41, 5.74) is -0.534. The van der Waals surface area contributed by atoms with E-state index in [9.17, 15) is 23.3 Å². The van der Waals surface area contributed by atoms with E-state index in [1.807, 2.05) is 0 Å². The highest BCUT2D eigenvalue weighted by Gasteiger charge is 2.30. The van der Waals surface area contributed by atoms with Crippen molar-refractivity contribution in [3.8, 4) is 0 Å². The summed E-state index contributed by atoms with van der Waals surface area (Å²) in [4.78, 5) is 20.2.